The standard InChI is InChI=1S/C15H29NO/c1-2-10-16-14(15-9-6-11-17-15)12-13-7-4-3-5-8-13/h13-16H,2-12H2,1H3. The summed E-state index contributed by atoms with van der Waals surface area (Å²) in [5, 5.41) is 3.73. The van der Waals surface area contributed by atoms with Gasteiger partial charge in [-0.1, -0.05) is 39.0 Å². The molecule has 17 heavy (non-hydrogen) atoms. The van der Waals surface area contributed by atoms with Crippen LogP contribution in [0.5, 0.6) is 0 Å². The van der Waals surface area contributed by atoms with Crippen LogP contribution in [-0.4, -0.2) is 25.3 Å². The lowest BCUT2D eigenvalue weighted by Gasteiger charge is -2.30. The molecule has 2 atom stereocenters. The van der Waals surface area contributed by atoms with Crippen LogP contribution < -0.4 is 5.32 Å². The Bertz CT molecular complexity index is 195. The average molecular weight is 239 g/mol. The van der Waals surface area contributed by atoms with E-state index >= 15 is 0 Å². The normalized spacial score (nSPS) is 28.4. The van der Waals surface area contributed by atoms with Crippen LogP contribution in [0.1, 0.15) is 64.7 Å². The Morgan fingerprint density at radius 1 is 1.12 bits per heavy atom. The fourth-order valence-corrected chi connectivity index (χ4v) is 3.40. The third-order valence-corrected chi connectivity index (χ3v) is 4.38. The van der Waals surface area contributed by atoms with Gasteiger partial charge in [0.15, 0.2) is 0 Å². The fourth-order valence-electron chi connectivity index (χ4n) is 3.40. The molecule has 2 nitrogen and oxygen atoms in total. The number of hydrogen-bond donors (Lipinski definition) is 1. The van der Waals surface area contributed by atoms with E-state index in [0.717, 1.165) is 19.1 Å². The van der Waals surface area contributed by atoms with E-state index in [1.54, 1.807) is 0 Å². The molecule has 1 N–H and O–H groups in total. The SMILES string of the molecule is CCCNC(CC1CCCCC1)C1CCCO1. The molecule has 1 saturated heterocycles. The topological polar surface area (TPSA) is 21.3 Å². The highest BCUT2D eigenvalue weighted by Gasteiger charge is 2.28. The summed E-state index contributed by atoms with van der Waals surface area (Å²) in [6, 6.07) is 0.626. The Labute approximate surface area is 107 Å². The smallest absolute Gasteiger partial charge is 0.0728 e. The van der Waals surface area contributed by atoms with Gasteiger partial charge in [-0.2, -0.15) is 0 Å². The molecule has 0 aromatic heterocycles. The second kappa shape index (κ2) is 7.38. The van der Waals surface area contributed by atoms with E-state index in [2.05, 4.69) is 12.2 Å². The quantitative estimate of drug-likeness (QED) is 0.766. The molecule has 1 aliphatic heterocycles. The molecule has 0 amide bonds. The molecule has 1 heterocycles. The van der Waals surface area contributed by atoms with Crippen LogP contribution in [0.4, 0.5) is 0 Å². The summed E-state index contributed by atoms with van der Waals surface area (Å²) in [5.41, 5.74) is 0. The van der Waals surface area contributed by atoms with E-state index in [-0.39, 0.29) is 0 Å². The second-order valence-corrected chi connectivity index (χ2v) is 5.85. The van der Waals surface area contributed by atoms with Gasteiger partial charge in [0, 0.05) is 12.6 Å². The Balaban J connectivity index is 1.80. The van der Waals surface area contributed by atoms with Crippen LogP contribution in [0.2, 0.25) is 0 Å². The minimum absolute atomic E-state index is 0.503. The maximum Gasteiger partial charge on any atom is 0.0728 e. The van der Waals surface area contributed by atoms with Gasteiger partial charge in [-0.3, -0.25) is 0 Å². The summed E-state index contributed by atoms with van der Waals surface area (Å²) in [4.78, 5) is 0. The number of hydrogen-bond acceptors (Lipinski definition) is 2. The molecule has 1 saturated carbocycles. The lowest BCUT2D eigenvalue weighted by Crippen LogP contribution is -2.41. The van der Waals surface area contributed by atoms with Crippen LogP contribution in [0, 0.1) is 5.92 Å². The van der Waals surface area contributed by atoms with Crippen LogP contribution >= 0.6 is 0 Å². The Hall–Kier alpha value is -0.0800. The molecule has 1 aliphatic carbocycles. The lowest BCUT2D eigenvalue weighted by molar-refractivity contribution is 0.0671. The highest BCUT2D eigenvalue weighted by atomic mass is 16.5. The van der Waals surface area contributed by atoms with Crippen molar-refractivity contribution >= 4 is 0 Å². The molecule has 2 fully saturated rings. The van der Waals surface area contributed by atoms with Gasteiger partial charge in [-0.25, -0.2) is 0 Å². The Kier molecular flexibility index (Phi) is 5.79. The number of nitrogens with one attached hydrogen (secondary N) is 1. The van der Waals surface area contributed by atoms with Crippen molar-refractivity contribution in [2.75, 3.05) is 13.2 Å². The molecule has 2 unspecified atom stereocenters. The van der Waals surface area contributed by atoms with Crippen LogP contribution in [0.15, 0.2) is 0 Å². The lowest BCUT2D eigenvalue weighted by atomic mass is 9.83. The molecule has 2 rings (SSSR count). The first-order chi connectivity index (χ1) is 8.40. The van der Waals surface area contributed by atoms with Crippen LogP contribution in [0.25, 0.3) is 0 Å². The molecular formula is C15H29NO. The van der Waals surface area contributed by atoms with Gasteiger partial charge in [0.1, 0.15) is 0 Å². The van der Waals surface area contributed by atoms with Crippen molar-refractivity contribution < 1.29 is 4.74 Å². The maximum absolute atomic E-state index is 5.89. The van der Waals surface area contributed by atoms with E-state index in [9.17, 15) is 0 Å². The Morgan fingerprint density at radius 2 is 1.94 bits per heavy atom. The monoisotopic (exact) mass is 239 g/mol. The van der Waals surface area contributed by atoms with Gasteiger partial charge in [-0.05, 0) is 38.1 Å². The van der Waals surface area contributed by atoms with E-state index in [0.29, 0.717) is 12.1 Å². The first kappa shape index (κ1) is 13.4. The largest absolute Gasteiger partial charge is 0.377 e. The van der Waals surface area contributed by atoms with Crippen molar-refractivity contribution in [3.05, 3.63) is 0 Å². The molecular weight excluding hydrogens is 210 g/mol. The summed E-state index contributed by atoms with van der Waals surface area (Å²) in [7, 11) is 0. The van der Waals surface area contributed by atoms with Gasteiger partial charge in [-0.15, -0.1) is 0 Å². The molecule has 0 aromatic rings. The number of rotatable bonds is 6. The fraction of sp³-hybridized carbons (Fsp3) is 1.00. The third kappa shape index (κ3) is 4.26. The van der Waals surface area contributed by atoms with Crippen molar-refractivity contribution in [3.63, 3.8) is 0 Å². The van der Waals surface area contributed by atoms with E-state index in [1.165, 1.54) is 57.8 Å². The molecule has 0 aromatic carbocycles. The van der Waals surface area contributed by atoms with Gasteiger partial charge < -0.3 is 10.1 Å². The number of ether oxygens (including phenoxy) is 1. The highest BCUT2D eigenvalue weighted by Crippen LogP contribution is 2.30. The van der Waals surface area contributed by atoms with Crippen molar-refractivity contribution in [2.45, 2.75) is 76.9 Å². The van der Waals surface area contributed by atoms with Crippen molar-refractivity contribution in [2.24, 2.45) is 5.92 Å². The van der Waals surface area contributed by atoms with Gasteiger partial charge in [0.25, 0.3) is 0 Å². The van der Waals surface area contributed by atoms with Crippen LogP contribution in [-0.2, 0) is 4.74 Å². The zero-order valence-corrected chi connectivity index (χ0v) is 11.4. The van der Waals surface area contributed by atoms with Crippen LogP contribution in [0.3, 0.4) is 0 Å². The third-order valence-electron chi connectivity index (χ3n) is 4.38. The van der Waals surface area contributed by atoms with Crippen molar-refractivity contribution in [1.29, 1.82) is 0 Å². The molecule has 0 bridgehead atoms. The molecule has 2 aliphatic rings. The minimum Gasteiger partial charge on any atom is -0.377 e. The van der Waals surface area contributed by atoms with Crippen molar-refractivity contribution in [1.82, 2.24) is 5.32 Å². The van der Waals surface area contributed by atoms with Gasteiger partial charge in [0.2, 0.25) is 0 Å². The molecule has 100 valence electrons. The summed E-state index contributed by atoms with van der Waals surface area (Å²) in [6.07, 6.45) is 12.9. The summed E-state index contributed by atoms with van der Waals surface area (Å²) in [5.74, 6) is 0.960. The van der Waals surface area contributed by atoms with Gasteiger partial charge >= 0.3 is 0 Å². The molecule has 0 spiro atoms. The summed E-state index contributed by atoms with van der Waals surface area (Å²) >= 11 is 0. The molecule has 0 radical (unpaired) electrons. The minimum atomic E-state index is 0.503. The van der Waals surface area contributed by atoms with E-state index in [1.807, 2.05) is 0 Å². The van der Waals surface area contributed by atoms with Crippen molar-refractivity contribution in [3.8, 4) is 0 Å². The maximum atomic E-state index is 5.89. The summed E-state index contributed by atoms with van der Waals surface area (Å²) < 4.78 is 5.89. The predicted molar refractivity (Wildman–Crippen MR) is 72.2 cm³/mol. The van der Waals surface area contributed by atoms with E-state index in [4.69, 9.17) is 4.74 Å². The zero-order valence-electron chi connectivity index (χ0n) is 11.4. The first-order valence-electron chi connectivity index (χ1n) is 7.75. The first-order valence-corrected chi connectivity index (χ1v) is 7.75. The predicted octanol–water partition coefficient (Wildman–Crippen LogP) is 3.50. The van der Waals surface area contributed by atoms with Gasteiger partial charge in [0.05, 0.1) is 6.10 Å². The summed E-state index contributed by atoms with van der Waals surface area (Å²) in [6.45, 7) is 4.39. The molecule has 2 heteroatoms. The van der Waals surface area contributed by atoms with E-state index < -0.39 is 0 Å². The second-order valence-electron chi connectivity index (χ2n) is 5.85. The highest BCUT2D eigenvalue weighted by molar-refractivity contribution is 4.83. The average Bonchev–Trinajstić information content (AvgIpc) is 2.89. The Morgan fingerprint density at radius 3 is 2.59 bits per heavy atom. The zero-order chi connectivity index (χ0) is 11.9.